The Hall–Kier alpha value is -2.99. The Morgan fingerprint density at radius 1 is 1.10 bits per heavy atom. The molecule has 0 N–H and O–H groups in total. The topological polar surface area (TPSA) is 40.6 Å². The summed E-state index contributed by atoms with van der Waals surface area (Å²) in [5.74, 6) is -0.531. The zero-order chi connectivity index (χ0) is 21.8. The summed E-state index contributed by atoms with van der Waals surface area (Å²) >= 11 is 1.69. The highest BCUT2D eigenvalue weighted by molar-refractivity contribution is 7.10. The van der Waals surface area contributed by atoms with Crippen molar-refractivity contribution in [3.05, 3.63) is 93.4 Å². The Morgan fingerprint density at radius 3 is 2.55 bits per heavy atom. The molecule has 1 unspecified atom stereocenters. The van der Waals surface area contributed by atoms with Crippen molar-refractivity contribution in [3.63, 3.8) is 0 Å². The summed E-state index contributed by atoms with van der Waals surface area (Å²) in [7, 11) is 0. The molecule has 0 radical (unpaired) electrons. The van der Waals surface area contributed by atoms with Gasteiger partial charge in [-0.2, -0.15) is 0 Å². The first-order valence-corrected chi connectivity index (χ1v) is 11.4. The summed E-state index contributed by atoms with van der Waals surface area (Å²) in [5.41, 5.74) is 2.55. The van der Waals surface area contributed by atoms with Crippen molar-refractivity contribution in [3.8, 4) is 0 Å². The van der Waals surface area contributed by atoms with E-state index in [1.165, 1.54) is 17.0 Å². The normalized spacial score (nSPS) is 15.4. The highest BCUT2D eigenvalue weighted by Crippen LogP contribution is 2.38. The van der Waals surface area contributed by atoms with Crippen LogP contribution in [0, 0.1) is 5.82 Å². The molecule has 0 spiro atoms. The van der Waals surface area contributed by atoms with E-state index in [-0.39, 0.29) is 30.2 Å². The van der Waals surface area contributed by atoms with Gasteiger partial charge in [0.05, 0.1) is 6.04 Å². The highest BCUT2D eigenvalue weighted by atomic mass is 32.1. The van der Waals surface area contributed by atoms with Crippen molar-refractivity contribution in [1.29, 1.82) is 0 Å². The van der Waals surface area contributed by atoms with Crippen LogP contribution in [0.3, 0.4) is 0 Å². The lowest BCUT2D eigenvalue weighted by Crippen LogP contribution is -2.47. The minimum absolute atomic E-state index is 0.0265. The second kappa shape index (κ2) is 9.43. The van der Waals surface area contributed by atoms with Crippen molar-refractivity contribution < 1.29 is 14.0 Å². The van der Waals surface area contributed by atoms with Crippen LogP contribution in [0.1, 0.15) is 45.7 Å². The smallest absolute Gasteiger partial charge is 0.254 e. The van der Waals surface area contributed by atoms with Gasteiger partial charge in [0.15, 0.2) is 0 Å². The molecule has 0 aliphatic carbocycles. The molecule has 0 saturated heterocycles. The Kier molecular flexibility index (Phi) is 6.47. The zero-order valence-electron chi connectivity index (χ0n) is 17.5. The van der Waals surface area contributed by atoms with Crippen molar-refractivity contribution >= 4 is 23.2 Å². The minimum atomic E-state index is -0.300. The van der Waals surface area contributed by atoms with Gasteiger partial charge >= 0.3 is 0 Å². The summed E-state index contributed by atoms with van der Waals surface area (Å²) in [6.45, 7) is 3.11. The molecule has 2 heterocycles. The molecule has 160 valence electrons. The van der Waals surface area contributed by atoms with E-state index < -0.39 is 0 Å². The van der Waals surface area contributed by atoms with Crippen molar-refractivity contribution in [2.45, 2.75) is 25.8 Å². The maximum atomic E-state index is 13.5. The van der Waals surface area contributed by atoms with Gasteiger partial charge < -0.3 is 9.80 Å². The number of rotatable bonds is 6. The summed E-state index contributed by atoms with van der Waals surface area (Å²) in [4.78, 5) is 31.2. The standard InChI is InChI=1S/C25H25FN2O2S/c1-2-14-27(25(30)19-6-4-3-5-7-19)17-23(29)28-15-12-22-21(13-16-31-22)24(28)18-8-10-20(26)11-9-18/h3-11,13,16,24H,2,12,14-15,17H2,1H3. The average Bonchev–Trinajstić information content (AvgIpc) is 3.28. The summed E-state index contributed by atoms with van der Waals surface area (Å²) < 4.78 is 13.5. The third-order valence-corrected chi connectivity index (χ3v) is 6.60. The highest BCUT2D eigenvalue weighted by Gasteiger charge is 2.34. The number of fused-ring (bicyclic) bond motifs is 1. The predicted molar refractivity (Wildman–Crippen MR) is 121 cm³/mol. The molecular formula is C25H25FN2O2S. The van der Waals surface area contributed by atoms with E-state index >= 15 is 0 Å². The number of hydrogen-bond donors (Lipinski definition) is 0. The van der Waals surface area contributed by atoms with E-state index in [9.17, 15) is 14.0 Å². The second-order valence-electron chi connectivity index (χ2n) is 7.68. The molecule has 4 nitrogen and oxygen atoms in total. The van der Waals surface area contributed by atoms with E-state index in [1.54, 1.807) is 40.5 Å². The van der Waals surface area contributed by atoms with Crippen molar-refractivity contribution in [1.82, 2.24) is 9.80 Å². The molecule has 6 heteroatoms. The van der Waals surface area contributed by atoms with Crippen LogP contribution >= 0.6 is 11.3 Å². The SMILES string of the molecule is CCCN(CC(=O)N1CCc2sccc2C1c1ccc(F)cc1)C(=O)c1ccccc1. The van der Waals surface area contributed by atoms with Crippen LogP contribution in [0.25, 0.3) is 0 Å². The molecule has 1 atom stereocenters. The molecule has 1 aliphatic rings. The third-order valence-electron chi connectivity index (χ3n) is 5.60. The molecule has 2 amide bonds. The Morgan fingerprint density at radius 2 is 1.84 bits per heavy atom. The number of benzene rings is 2. The Labute approximate surface area is 185 Å². The summed E-state index contributed by atoms with van der Waals surface area (Å²) in [5, 5.41) is 2.04. The fraction of sp³-hybridized carbons (Fsp3) is 0.280. The van der Waals surface area contributed by atoms with Crippen LogP contribution in [0.5, 0.6) is 0 Å². The van der Waals surface area contributed by atoms with E-state index in [2.05, 4.69) is 0 Å². The number of amides is 2. The molecule has 2 aromatic carbocycles. The van der Waals surface area contributed by atoms with Gasteiger partial charge in [-0.25, -0.2) is 4.39 Å². The number of thiophene rings is 1. The van der Waals surface area contributed by atoms with Gasteiger partial charge in [-0.3, -0.25) is 9.59 Å². The molecule has 0 saturated carbocycles. The first-order valence-electron chi connectivity index (χ1n) is 10.5. The van der Waals surface area contributed by atoms with E-state index in [4.69, 9.17) is 0 Å². The average molecular weight is 437 g/mol. The number of nitrogens with zero attached hydrogens (tertiary/aromatic N) is 2. The number of carbonyl (C=O) groups excluding carboxylic acids is 2. The molecule has 1 aliphatic heterocycles. The van der Waals surface area contributed by atoms with Crippen LogP contribution in [0.4, 0.5) is 4.39 Å². The van der Waals surface area contributed by atoms with Gasteiger partial charge in [-0.1, -0.05) is 37.3 Å². The maximum absolute atomic E-state index is 13.5. The van der Waals surface area contributed by atoms with Gasteiger partial charge in [0, 0.05) is 23.5 Å². The number of halogens is 1. The van der Waals surface area contributed by atoms with E-state index in [0.29, 0.717) is 18.7 Å². The Bertz CT molecular complexity index is 1050. The zero-order valence-corrected chi connectivity index (χ0v) is 18.3. The van der Waals surface area contributed by atoms with Crippen LogP contribution < -0.4 is 0 Å². The van der Waals surface area contributed by atoms with Crippen LogP contribution in [0.15, 0.2) is 66.0 Å². The van der Waals surface area contributed by atoms with Crippen LogP contribution in [0.2, 0.25) is 0 Å². The largest absolute Gasteiger partial charge is 0.330 e. The molecule has 1 aromatic heterocycles. The molecule has 0 bridgehead atoms. The molecular weight excluding hydrogens is 411 g/mol. The lowest BCUT2D eigenvalue weighted by Gasteiger charge is -2.37. The second-order valence-corrected chi connectivity index (χ2v) is 8.68. The van der Waals surface area contributed by atoms with Gasteiger partial charge in [-0.15, -0.1) is 11.3 Å². The molecule has 3 aromatic rings. The minimum Gasteiger partial charge on any atom is -0.330 e. The molecule has 31 heavy (non-hydrogen) atoms. The fourth-order valence-corrected chi connectivity index (χ4v) is 5.03. The van der Waals surface area contributed by atoms with Crippen molar-refractivity contribution in [2.24, 2.45) is 0 Å². The van der Waals surface area contributed by atoms with Gasteiger partial charge in [-0.05, 0) is 59.7 Å². The lowest BCUT2D eigenvalue weighted by atomic mass is 9.93. The van der Waals surface area contributed by atoms with Crippen molar-refractivity contribution in [2.75, 3.05) is 19.6 Å². The maximum Gasteiger partial charge on any atom is 0.254 e. The Balaban J connectivity index is 1.61. The fourth-order valence-electron chi connectivity index (χ4n) is 4.13. The van der Waals surface area contributed by atoms with Gasteiger partial charge in [0.1, 0.15) is 12.4 Å². The predicted octanol–water partition coefficient (Wildman–Crippen LogP) is 4.91. The first-order chi connectivity index (χ1) is 15.1. The molecule has 4 rings (SSSR count). The monoisotopic (exact) mass is 436 g/mol. The first kappa shape index (κ1) is 21.2. The summed E-state index contributed by atoms with van der Waals surface area (Å²) in [6, 6.07) is 17.2. The lowest BCUT2D eigenvalue weighted by molar-refractivity contribution is -0.134. The van der Waals surface area contributed by atoms with Gasteiger partial charge in [0.2, 0.25) is 5.91 Å². The van der Waals surface area contributed by atoms with Crippen LogP contribution in [-0.2, 0) is 11.2 Å². The number of hydrogen-bond acceptors (Lipinski definition) is 3. The van der Waals surface area contributed by atoms with Gasteiger partial charge in [0.25, 0.3) is 5.91 Å². The molecule has 0 fully saturated rings. The van der Waals surface area contributed by atoms with Crippen LogP contribution in [-0.4, -0.2) is 41.2 Å². The van der Waals surface area contributed by atoms with E-state index in [1.807, 2.05) is 41.5 Å². The number of carbonyl (C=O) groups is 2. The van der Waals surface area contributed by atoms with E-state index in [0.717, 1.165) is 24.0 Å². The summed E-state index contributed by atoms with van der Waals surface area (Å²) in [6.07, 6.45) is 1.55. The third kappa shape index (κ3) is 4.54. The quantitative estimate of drug-likeness (QED) is 0.551.